The summed E-state index contributed by atoms with van der Waals surface area (Å²) in [5.41, 5.74) is 0. The van der Waals surface area contributed by atoms with Crippen molar-refractivity contribution in [3.05, 3.63) is 12.2 Å². The van der Waals surface area contributed by atoms with Gasteiger partial charge in [-0.2, -0.15) is 0 Å². The van der Waals surface area contributed by atoms with Crippen molar-refractivity contribution in [1.82, 2.24) is 0 Å². The zero-order valence-corrected chi connectivity index (χ0v) is 7.26. The molecule has 0 aromatic heterocycles. The van der Waals surface area contributed by atoms with E-state index in [1.165, 1.54) is 0 Å². The molecular formula is C9H18O. The van der Waals surface area contributed by atoms with Gasteiger partial charge in [0.2, 0.25) is 0 Å². The number of hydrogen-bond donors (Lipinski definition) is 0. The lowest BCUT2D eigenvalue weighted by atomic mass is 10.1. The maximum absolute atomic E-state index is 5.30. The molecule has 0 rings (SSSR count). The Balaban J connectivity index is 2.91. The quantitative estimate of drug-likeness (QED) is 0.423. The summed E-state index contributed by atoms with van der Waals surface area (Å²) >= 11 is 0. The van der Waals surface area contributed by atoms with Gasteiger partial charge in [-0.1, -0.05) is 26.0 Å². The molecule has 10 heavy (non-hydrogen) atoms. The van der Waals surface area contributed by atoms with E-state index in [1.807, 2.05) is 19.1 Å². The first kappa shape index (κ1) is 9.70. The molecule has 0 heterocycles. The molecule has 0 saturated carbocycles. The SMILES string of the molecule is C/C=C/COCCC(C)C. The van der Waals surface area contributed by atoms with Crippen LogP contribution in [0.1, 0.15) is 27.2 Å². The topological polar surface area (TPSA) is 9.23 Å². The van der Waals surface area contributed by atoms with Gasteiger partial charge in [0.05, 0.1) is 6.61 Å². The van der Waals surface area contributed by atoms with Crippen molar-refractivity contribution in [1.29, 1.82) is 0 Å². The number of allylic oxidation sites excluding steroid dienone is 1. The standard InChI is InChI=1S/C9H18O/c1-4-5-7-10-8-6-9(2)3/h4-5,9H,6-8H2,1-3H3/b5-4+. The lowest BCUT2D eigenvalue weighted by Crippen LogP contribution is -1.98. The van der Waals surface area contributed by atoms with Gasteiger partial charge >= 0.3 is 0 Å². The van der Waals surface area contributed by atoms with Gasteiger partial charge < -0.3 is 4.74 Å². The van der Waals surface area contributed by atoms with Crippen molar-refractivity contribution in [2.75, 3.05) is 13.2 Å². The van der Waals surface area contributed by atoms with Gasteiger partial charge in [0.1, 0.15) is 0 Å². The van der Waals surface area contributed by atoms with Crippen LogP contribution in [0.15, 0.2) is 12.2 Å². The lowest BCUT2D eigenvalue weighted by Gasteiger charge is -2.03. The Bertz CT molecular complexity index is 84.7. The average Bonchev–Trinajstić information content (AvgIpc) is 1.87. The van der Waals surface area contributed by atoms with Crippen LogP contribution < -0.4 is 0 Å². The van der Waals surface area contributed by atoms with Crippen LogP contribution in [0.3, 0.4) is 0 Å². The minimum atomic E-state index is 0.755. The Labute approximate surface area is 64.1 Å². The van der Waals surface area contributed by atoms with Gasteiger partial charge in [0.25, 0.3) is 0 Å². The first-order valence-corrected chi connectivity index (χ1v) is 3.96. The third kappa shape index (κ3) is 7.70. The van der Waals surface area contributed by atoms with Crippen molar-refractivity contribution in [3.63, 3.8) is 0 Å². The molecule has 0 N–H and O–H groups in total. The minimum Gasteiger partial charge on any atom is -0.377 e. The van der Waals surface area contributed by atoms with Crippen molar-refractivity contribution in [2.24, 2.45) is 5.92 Å². The Kier molecular flexibility index (Phi) is 6.61. The number of rotatable bonds is 5. The van der Waals surface area contributed by atoms with Crippen molar-refractivity contribution in [2.45, 2.75) is 27.2 Å². The number of hydrogen-bond acceptors (Lipinski definition) is 1. The maximum Gasteiger partial charge on any atom is 0.0647 e. The first-order chi connectivity index (χ1) is 4.77. The second-order valence-corrected chi connectivity index (χ2v) is 2.83. The highest BCUT2D eigenvalue weighted by Gasteiger charge is 1.91. The van der Waals surface area contributed by atoms with Crippen LogP contribution in [0.2, 0.25) is 0 Å². The van der Waals surface area contributed by atoms with Crippen LogP contribution in [-0.4, -0.2) is 13.2 Å². The molecule has 0 radical (unpaired) electrons. The lowest BCUT2D eigenvalue weighted by molar-refractivity contribution is 0.149. The molecular weight excluding hydrogens is 124 g/mol. The monoisotopic (exact) mass is 142 g/mol. The summed E-state index contributed by atoms with van der Waals surface area (Å²) in [7, 11) is 0. The molecule has 1 heteroatoms. The predicted molar refractivity (Wildman–Crippen MR) is 45.1 cm³/mol. The Morgan fingerprint density at radius 3 is 2.60 bits per heavy atom. The molecule has 0 aromatic carbocycles. The molecule has 0 aliphatic carbocycles. The zero-order chi connectivity index (χ0) is 7.82. The summed E-state index contributed by atoms with van der Waals surface area (Å²) < 4.78 is 5.30. The third-order valence-corrected chi connectivity index (χ3v) is 1.29. The highest BCUT2D eigenvalue weighted by atomic mass is 16.5. The second kappa shape index (κ2) is 6.81. The fraction of sp³-hybridized carbons (Fsp3) is 0.778. The molecule has 0 fully saturated rings. The van der Waals surface area contributed by atoms with Gasteiger partial charge in [-0.15, -0.1) is 0 Å². The van der Waals surface area contributed by atoms with Crippen molar-refractivity contribution in [3.8, 4) is 0 Å². The summed E-state index contributed by atoms with van der Waals surface area (Å²) in [6, 6.07) is 0. The van der Waals surface area contributed by atoms with Crippen LogP contribution in [0, 0.1) is 5.92 Å². The van der Waals surface area contributed by atoms with Gasteiger partial charge in [-0.25, -0.2) is 0 Å². The molecule has 0 saturated heterocycles. The maximum atomic E-state index is 5.30. The van der Waals surface area contributed by atoms with E-state index in [-0.39, 0.29) is 0 Å². The summed E-state index contributed by atoms with van der Waals surface area (Å²) in [6.45, 7) is 8.08. The number of ether oxygens (including phenoxy) is 1. The smallest absolute Gasteiger partial charge is 0.0647 e. The average molecular weight is 142 g/mol. The largest absolute Gasteiger partial charge is 0.377 e. The van der Waals surface area contributed by atoms with E-state index in [2.05, 4.69) is 13.8 Å². The predicted octanol–water partition coefficient (Wildman–Crippen LogP) is 2.63. The van der Waals surface area contributed by atoms with E-state index in [0.29, 0.717) is 0 Å². The van der Waals surface area contributed by atoms with E-state index >= 15 is 0 Å². The van der Waals surface area contributed by atoms with Gasteiger partial charge in [-0.3, -0.25) is 0 Å². The highest BCUT2D eigenvalue weighted by Crippen LogP contribution is 1.98. The van der Waals surface area contributed by atoms with E-state index in [0.717, 1.165) is 25.6 Å². The molecule has 0 aliphatic heterocycles. The fourth-order valence-electron chi connectivity index (χ4n) is 0.567. The summed E-state index contributed by atoms with van der Waals surface area (Å²) in [4.78, 5) is 0. The summed E-state index contributed by atoms with van der Waals surface area (Å²) in [5, 5.41) is 0. The van der Waals surface area contributed by atoms with Crippen LogP contribution >= 0.6 is 0 Å². The molecule has 0 aliphatic rings. The molecule has 0 atom stereocenters. The van der Waals surface area contributed by atoms with E-state index in [4.69, 9.17) is 4.74 Å². The Morgan fingerprint density at radius 2 is 2.10 bits per heavy atom. The van der Waals surface area contributed by atoms with Crippen LogP contribution in [-0.2, 0) is 4.74 Å². The van der Waals surface area contributed by atoms with E-state index in [1.54, 1.807) is 0 Å². The van der Waals surface area contributed by atoms with Gasteiger partial charge in [0, 0.05) is 6.61 Å². The minimum absolute atomic E-state index is 0.755. The molecule has 0 amide bonds. The second-order valence-electron chi connectivity index (χ2n) is 2.83. The first-order valence-electron chi connectivity index (χ1n) is 3.96. The van der Waals surface area contributed by atoms with E-state index < -0.39 is 0 Å². The molecule has 0 aromatic rings. The van der Waals surface area contributed by atoms with Crippen LogP contribution in [0.4, 0.5) is 0 Å². The Morgan fingerprint density at radius 1 is 1.40 bits per heavy atom. The molecule has 0 unspecified atom stereocenters. The summed E-state index contributed by atoms with van der Waals surface area (Å²) in [6.07, 6.45) is 5.20. The fourth-order valence-corrected chi connectivity index (χ4v) is 0.567. The molecule has 0 spiro atoms. The van der Waals surface area contributed by atoms with Gasteiger partial charge in [0.15, 0.2) is 0 Å². The molecule has 60 valence electrons. The van der Waals surface area contributed by atoms with Gasteiger partial charge in [-0.05, 0) is 19.3 Å². The van der Waals surface area contributed by atoms with E-state index in [9.17, 15) is 0 Å². The van der Waals surface area contributed by atoms with Crippen LogP contribution in [0.25, 0.3) is 0 Å². The van der Waals surface area contributed by atoms with Crippen molar-refractivity contribution >= 4 is 0 Å². The third-order valence-electron chi connectivity index (χ3n) is 1.29. The molecule has 0 bridgehead atoms. The van der Waals surface area contributed by atoms with Crippen molar-refractivity contribution < 1.29 is 4.74 Å². The normalized spacial score (nSPS) is 11.6. The Hall–Kier alpha value is -0.300. The summed E-state index contributed by atoms with van der Waals surface area (Å²) in [5.74, 6) is 0.755. The highest BCUT2D eigenvalue weighted by molar-refractivity contribution is 4.75. The zero-order valence-electron chi connectivity index (χ0n) is 7.26. The van der Waals surface area contributed by atoms with Crippen LogP contribution in [0.5, 0.6) is 0 Å². The molecule has 1 nitrogen and oxygen atoms in total.